The molecule has 3 fully saturated rings. The highest BCUT2D eigenvalue weighted by Gasteiger charge is 2.38. The molecule has 0 unspecified atom stereocenters. The number of nitrogens with zero attached hydrogens (tertiary/aromatic N) is 2. The van der Waals surface area contributed by atoms with Gasteiger partial charge in [0.05, 0.1) is 25.2 Å². The second-order valence-corrected chi connectivity index (χ2v) is 8.10. The van der Waals surface area contributed by atoms with Crippen LogP contribution in [0.3, 0.4) is 0 Å². The Bertz CT molecular complexity index is 417. The predicted molar refractivity (Wildman–Crippen MR) is 93.9 cm³/mol. The second-order valence-electron chi connectivity index (χ2n) is 8.10. The molecule has 3 rings (SSSR count). The molecule has 5 nitrogen and oxygen atoms in total. The van der Waals surface area contributed by atoms with Gasteiger partial charge in [-0.05, 0) is 52.0 Å². The Labute approximate surface area is 146 Å². The van der Waals surface area contributed by atoms with Crippen LogP contribution in [0.5, 0.6) is 0 Å². The van der Waals surface area contributed by atoms with Crippen molar-refractivity contribution in [1.82, 2.24) is 9.80 Å². The topological polar surface area (TPSA) is 42.0 Å². The van der Waals surface area contributed by atoms with E-state index in [-0.39, 0.29) is 11.9 Å². The lowest BCUT2D eigenvalue weighted by Gasteiger charge is -2.41. The van der Waals surface area contributed by atoms with E-state index in [1.165, 1.54) is 26.1 Å². The maximum atomic E-state index is 11.8. The smallest absolute Gasteiger partial charge is 0.308 e. The molecule has 0 N–H and O–H groups in total. The Morgan fingerprint density at radius 3 is 2.46 bits per heavy atom. The van der Waals surface area contributed by atoms with E-state index in [1.54, 1.807) is 0 Å². The summed E-state index contributed by atoms with van der Waals surface area (Å²) in [6, 6.07) is 1.27. The number of likely N-dealkylation sites (N-methyl/N-ethyl adjacent to an activating group) is 1. The summed E-state index contributed by atoms with van der Waals surface area (Å²) in [7, 11) is 2.23. The average Bonchev–Trinajstić information content (AvgIpc) is 2.91. The van der Waals surface area contributed by atoms with Gasteiger partial charge in [-0.1, -0.05) is 6.92 Å². The highest BCUT2D eigenvalue weighted by atomic mass is 16.5. The normalized spacial score (nSPS) is 35.8. The van der Waals surface area contributed by atoms with Crippen molar-refractivity contribution < 1.29 is 14.3 Å². The maximum absolute atomic E-state index is 11.8. The zero-order chi connectivity index (χ0) is 17.1. The van der Waals surface area contributed by atoms with Crippen LogP contribution in [0.15, 0.2) is 0 Å². The van der Waals surface area contributed by atoms with Gasteiger partial charge in [-0.25, -0.2) is 0 Å². The number of likely N-dealkylation sites (tertiary alicyclic amines) is 2. The number of rotatable bonds is 6. The quantitative estimate of drug-likeness (QED) is 0.694. The first-order valence-electron chi connectivity index (χ1n) is 9.79. The lowest BCUT2D eigenvalue weighted by atomic mass is 9.87. The Morgan fingerprint density at radius 1 is 1.12 bits per heavy atom. The zero-order valence-corrected chi connectivity index (χ0v) is 15.6. The van der Waals surface area contributed by atoms with Gasteiger partial charge in [0, 0.05) is 31.7 Å². The third kappa shape index (κ3) is 4.30. The monoisotopic (exact) mass is 338 g/mol. The van der Waals surface area contributed by atoms with Crippen LogP contribution in [0.25, 0.3) is 0 Å². The number of hydrogen-bond acceptors (Lipinski definition) is 5. The van der Waals surface area contributed by atoms with Crippen LogP contribution < -0.4 is 0 Å². The van der Waals surface area contributed by atoms with Crippen LogP contribution in [-0.2, 0) is 14.3 Å². The van der Waals surface area contributed by atoms with E-state index in [9.17, 15) is 4.79 Å². The van der Waals surface area contributed by atoms with Gasteiger partial charge in [-0.3, -0.25) is 14.6 Å². The summed E-state index contributed by atoms with van der Waals surface area (Å²) < 4.78 is 11.4. The van der Waals surface area contributed by atoms with Crippen molar-refractivity contribution in [2.75, 3.05) is 39.9 Å². The lowest BCUT2D eigenvalue weighted by Crippen LogP contribution is -2.51. The molecule has 2 aliphatic heterocycles. The predicted octanol–water partition coefficient (Wildman–Crippen LogP) is 2.15. The minimum Gasteiger partial charge on any atom is -0.466 e. The number of ether oxygens (including phenoxy) is 2. The van der Waals surface area contributed by atoms with E-state index >= 15 is 0 Å². The van der Waals surface area contributed by atoms with Crippen molar-refractivity contribution in [3.05, 3.63) is 0 Å². The van der Waals surface area contributed by atoms with E-state index in [2.05, 4.69) is 23.8 Å². The molecule has 0 spiro atoms. The van der Waals surface area contributed by atoms with E-state index in [4.69, 9.17) is 9.47 Å². The molecule has 0 aromatic heterocycles. The minimum absolute atomic E-state index is 0.0157. The van der Waals surface area contributed by atoms with Gasteiger partial charge in [0.25, 0.3) is 0 Å². The Balaban J connectivity index is 1.35. The maximum Gasteiger partial charge on any atom is 0.308 e. The molecule has 0 radical (unpaired) electrons. The molecule has 3 aliphatic rings. The molecular weight excluding hydrogens is 304 g/mol. The van der Waals surface area contributed by atoms with Crippen molar-refractivity contribution in [1.29, 1.82) is 0 Å². The summed E-state index contributed by atoms with van der Waals surface area (Å²) in [6.07, 6.45) is 5.38. The Hall–Kier alpha value is -0.650. The molecule has 0 bridgehead atoms. The van der Waals surface area contributed by atoms with Crippen LogP contribution in [0, 0.1) is 11.8 Å². The second kappa shape index (κ2) is 8.15. The molecule has 24 heavy (non-hydrogen) atoms. The van der Waals surface area contributed by atoms with Crippen LogP contribution >= 0.6 is 0 Å². The summed E-state index contributed by atoms with van der Waals surface area (Å²) in [4.78, 5) is 16.9. The van der Waals surface area contributed by atoms with Crippen molar-refractivity contribution in [2.24, 2.45) is 11.8 Å². The summed E-state index contributed by atoms with van der Waals surface area (Å²) in [5.41, 5.74) is 0. The van der Waals surface area contributed by atoms with Crippen LogP contribution in [-0.4, -0.2) is 73.9 Å². The molecule has 0 aromatic carbocycles. The molecule has 2 atom stereocenters. The van der Waals surface area contributed by atoms with Gasteiger partial charge in [-0.2, -0.15) is 0 Å². The van der Waals surface area contributed by atoms with Gasteiger partial charge in [0.1, 0.15) is 0 Å². The number of hydrogen-bond donors (Lipinski definition) is 0. The van der Waals surface area contributed by atoms with E-state index in [0.29, 0.717) is 18.8 Å². The molecule has 5 heteroatoms. The standard InChI is InChI=1S/C19H34N2O3/c1-4-23-19(22)15-5-7-18(8-6-15)24-13-17-9-16(12-20(17)3)21-10-14(2)11-21/h14-18H,4-13H2,1-3H3/t15-,16-,17-,18-/m0/s1. The molecule has 2 saturated heterocycles. The molecular formula is C19H34N2O3. The molecule has 0 amide bonds. The minimum atomic E-state index is -0.0157. The Kier molecular flexibility index (Phi) is 6.17. The van der Waals surface area contributed by atoms with Crippen molar-refractivity contribution >= 4 is 5.97 Å². The van der Waals surface area contributed by atoms with Crippen LogP contribution in [0.2, 0.25) is 0 Å². The summed E-state index contributed by atoms with van der Waals surface area (Å²) in [5.74, 6) is 0.954. The largest absolute Gasteiger partial charge is 0.466 e. The van der Waals surface area contributed by atoms with E-state index in [0.717, 1.165) is 44.2 Å². The highest BCUT2D eigenvalue weighted by molar-refractivity contribution is 5.72. The van der Waals surface area contributed by atoms with Crippen molar-refractivity contribution in [2.45, 2.75) is 64.1 Å². The molecule has 0 aromatic rings. The number of carbonyl (C=O) groups excluding carboxylic acids is 1. The lowest BCUT2D eigenvalue weighted by molar-refractivity contribution is -0.150. The molecule has 1 saturated carbocycles. The first kappa shape index (κ1) is 18.2. The van der Waals surface area contributed by atoms with Gasteiger partial charge in [0.2, 0.25) is 0 Å². The van der Waals surface area contributed by atoms with Gasteiger partial charge in [0.15, 0.2) is 0 Å². The summed E-state index contributed by atoms with van der Waals surface area (Å²) in [5, 5.41) is 0. The van der Waals surface area contributed by atoms with Crippen LogP contribution in [0.4, 0.5) is 0 Å². The summed E-state index contributed by atoms with van der Waals surface area (Å²) in [6.45, 7) is 9.25. The molecule has 138 valence electrons. The van der Waals surface area contributed by atoms with Gasteiger partial charge >= 0.3 is 5.97 Å². The fourth-order valence-electron chi connectivity index (χ4n) is 4.53. The number of carbonyl (C=O) groups is 1. The average molecular weight is 338 g/mol. The van der Waals surface area contributed by atoms with Gasteiger partial charge < -0.3 is 9.47 Å². The third-order valence-corrected chi connectivity index (χ3v) is 6.09. The first-order chi connectivity index (χ1) is 11.6. The van der Waals surface area contributed by atoms with E-state index in [1.807, 2.05) is 6.92 Å². The van der Waals surface area contributed by atoms with Crippen molar-refractivity contribution in [3.8, 4) is 0 Å². The fourth-order valence-corrected chi connectivity index (χ4v) is 4.53. The zero-order valence-electron chi connectivity index (χ0n) is 15.6. The molecule has 2 heterocycles. The summed E-state index contributed by atoms with van der Waals surface area (Å²) >= 11 is 0. The number of esters is 1. The highest BCUT2D eigenvalue weighted by Crippen LogP contribution is 2.30. The SMILES string of the molecule is CCOC(=O)[C@H]1CC[C@H](OC[C@@H]2C[C@H](N3CC(C)C3)CN2C)CC1. The Morgan fingerprint density at radius 2 is 1.83 bits per heavy atom. The molecule has 1 aliphatic carbocycles. The van der Waals surface area contributed by atoms with E-state index < -0.39 is 0 Å². The van der Waals surface area contributed by atoms with Crippen molar-refractivity contribution in [3.63, 3.8) is 0 Å². The van der Waals surface area contributed by atoms with Crippen LogP contribution in [0.1, 0.15) is 46.0 Å². The first-order valence-corrected chi connectivity index (χ1v) is 9.79. The van der Waals surface area contributed by atoms with Gasteiger partial charge in [-0.15, -0.1) is 0 Å². The third-order valence-electron chi connectivity index (χ3n) is 6.09. The fraction of sp³-hybridized carbons (Fsp3) is 0.947.